The Bertz CT molecular complexity index is 1250. The second kappa shape index (κ2) is 8.32. The Morgan fingerprint density at radius 3 is 1.42 bits per heavy atom. The standard InChI is InChI=1S/C26H19BN4/c27-22-14-11-18(12-15-22)23-16-13-21(17-28-23)26-30-24(19-7-3-1-4-8-19)29-25(31-26)20-9-5-2-6-10-20/h1-17H,27H2. The molecule has 4 nitrogen and oxygen atoms in total. The molecule has 0 aliphatic heterocycles. The summed E-state index contributed by atoms with van der Waals surface area (Å²) in [5.74, 6) is 1.90. The Labute approximate surface area is 182 Å². The Morgan fingerprint density at radius 1 is 0.452 bits per heavy atom. The van der Waals surface area contributed by atoms with Gasteiger partial charge in [-0.15, -0.1) is 0 Å². The van der Waals surface area contributed by atoms with E-state index in [2.05, 4.69) is 37.1 Å². The number of pyridine rings is 1. The van der Waals surface area contributed by atoms with Crippen molar-refractivity contribution in [1.82, 2.24) is 19.9 Å². The van der Waals surface area contributed by atoms with E-state index in [-0.39, 0.29) is 0 Å². The number of hydrogen-bond acceptors (Lipinski definition) is 4. The highest BCUT2D eigenvalue weighted by molar-refractivity contribution is 6.32. The lowest BCUT2D eigenvalue weighted by Crippen LogP contribution is -2.01. The van der Waals surface area contributed by atoms with Crippen LogP contribution < -0.4 is 5.46 Å². The molecule has 0 fully saturated rings. The predicted molar refractivity (Wildman–Crippen MR) is 128 cm³/mol. The van der Waals surface area contributed by atoms with E-state index in [1.807, 2.05) is 79.0 Å². The molecule has 0 unspecified atom stereocenters. The zero-order valence-electron chi connectivity index (χ0n) is 17.1. The van der Waals surface area contributed by atoms with Gasteiger partial charge < -0.3 is 0 Å². The second-order valence-corrected chi connectivity index (χ2v) is 7.34. The smallest absolute Gasteiger partial charge is 0.165 e. The minimum absolute atomic E-state index is 0.607. The molecule has 0 amide bonds. The van der Waals surface area contributed by atoms with Crippen molar-refractivity contribution in [3.8, 4) is 45.4 Å². The Morgan fingerprint density at radius 2 is 0.935 bits per heavy atom. The average molecular weight is 398 g/mol. The highest BCUT2D eigenvalue weighted by Crippen LogP contribution is 2.25. The third kappa shape index (κ3) is 4.12. The first kappa shape index (κ1) is 18.9. The van der Waals surface area contributed by atoms with Crippen molar-refractivity contribution < 1.29 is 0 Å². The van der Waals surface area contributed by atoms with Gasteiger partial charge in [0.15, 0.2) is 17.5 Å². The van der Waals surface area contributed by atoms with Crippen LogP contribution in [0.3, 0.4) is 0 Å². The van der Waals surface area contributed by atoms with E-state index < -0.39 is 0 Å². The van der Waals surface area contributed by atoms with Gasteiger partial charge >= 0.3 is 0 Å². The van der Waals surface area contributed by atoms with Crippen LogP contribution in [-0.4, -0.2) is 27.8 Å². The highest BCUT2D eigenvalue weighted by Gasteiger charge is 2.12. The molecule has 0 spiro atoms. The highest BCUT2D eigenvalue weighted by atomic mass is 15.0. The van der Waals surface area contributed by atoms with Crippen LogP contribution in [0.2, 0.25) is 0 Å². The van der Waals surface area contributed by atoms with E-state index in [0.717, 1.165) is 27.9 Å². The molecular formula is C26H19BN4. The monoisotopic (exact) mass is 398 g/mol. The molecule has 0 N–H and O–H groups in total. The van der Waals surface area contributed by atoms with E-state index in [1.54, 1.807) is 0 Å². The second-order valence-electron chi connectivity index (χ2n) is 7.34. The summed E-state index contributed by atoms with van der Waals surface area (Å²) in [7, 11) is 2.08. The van der Waals surface area contributed by atoms with Gasteiger partial charge in [0.1, 0.15) is 7.85 Å². The minimum Gasteiger partial charge on any atom is -0.255 e. The molecule has 31 heavy (non-hydrogen) atoms. The van der Waals surface area contributed by atoms with Gasteiger partial charge in [-0.1, -0.05) is 90.4 Å². The molecule has 0 aliphatic rings. The van der Waals surface area contributed by atoms with E-state index >= 15 is 0 Å². The van der Waals surface area contributed by atoms with Gasteiger partial charge in [-0.2, -0.15) is 0 Å². The van der Waals surface area contributed by atoms with E-state index in [9.17, 15) is 0 Å². The minimum atomic E-state index is 0.607. The van der Waals surface area contributed by atoms with Crippen LogP contribution in [0, 0.1) is 0 Å². The van der Waals surface area contributed by atoms with Crippen LogP contribution in [0.25, 0.3) is 45.4 Å². The fraction of sp³-hybridized carbons (Fsp3) is 0. The maximum atomic E-state index is 4.75. The normalized spacial score (nSPS) is 10.7. The van der Waals surface area contributed by atoms with Gasteiger partial charge in [0.2, 0.25) is 0 Å². The van der Waals surface area contributed by atoms with Gasteiger partial charge in [-0.3, -0.25) is 4.98 Å². The quantitative estimate of drug-likeness (QED) is 0.426. The molecular weight excluding hydrogens is 379 g/mol. The summed E-state index contributed by atoms with van der Waals surface area (Å²) in [4.78, 5) is 18.9. The van der Waals surface area contributed by atoms with Crippen LogP contribution in [0.15, 0.2) is 103 Å². The summed E-state index contributed by atoms with van der Waals surface area (Å²) in [5, 5.41) is 0. The lowest BCUT2D eigenvalue weighted by atomic mass is 9.95. The van der Waals surface area contributed by atoms with Gasteiger partial charge in [0.25, 0.3) is 0 Å². The van der Waals surface area contributed by atoms with Crippen molar-refractivity contribution in [3.63, 3.8) is 0 Å². The first-order chi connectivity index (χ1) is 15.3. The summed E-state index contributed by atoms with van der Waals surface area (Å²) in [6, 6.07) is 32.3. The first-order valence-electron chi connectivity index (χ1n) is 10.2. The lowest BCUT2D eigenvalue weighted by Gasteiger charge is -2.08. The Kier molecular flexibility index (Phi) is 5.07. The Balaban J connectivity index is 1.58. The van der Waals surface area contributed by atoms with Gasteiger partial charge in [-0.25, -0.2) is 15.0 Å². The summed E-state index contributed by atoms with van der Waals surface area (Å²) < 4.78 is 0. The third-order valence-corrected chi connectivity index (χ3v) is 5.07. The topological polar surface area (TPSA) is 51.6 Å². The van der Waals surface area contributed by atoms with E-state index in [1.165, 1.54) is 5.46 Å². The van der Waals surface area contributed by atoms with Crippen molar-refractivity contribution in [2.45, 2.75) is 0 Å². The Hall–Kier alpha value is -4.12. The van der Waals surface area contributed by atoms with Crippen molar-refractivity contribution in [3.05, 3.63) is 103 Å². The van der Waals surface area contributed by atoms with Crippen LogP contribution in [-0.2, 0) is 0 Å². The molecule has 2 aromatic heterocycles. The molecule has 0 saturated heterocycles. The largest absolute Gasteiger partial charge is 0.255 e. The van der Waals surface area contributed by atoms with Crippen LogP contribution in [0.4, 0.5) is 0 Å². The fourth-order valence-electron chi connectivity index (χ4n) is 3.36. The molecule has 0 saturated carbocycles. The summed E-state index contributed by atoms with van der Waals surface area (Å²) in [6.07, 6.45) is 1.83. The number of aromatic nitrogens is 4. The molecule has 0 aliphatic carbocycles. The van der Waals surface area contributed by atoms with E-state index in [4.69, 9.17) is 15.0 Å². The SMILES string of the molecule is Bc1ccc(-c2ccc(-c3nc(-c4ccccc4)nc(-c4ccccc4)n3)cn2)cc1. The van der Waals surface area contributed by atoms with Crippen LogP contribution in [0.5, 0.6) is 0 Å². The molecule has 5 rings (SSSR count). The number of benzene rings is 3. The van der Waals surface area contributed by atoms with Crippen molar-refractivity contribution in [2.75, 3.05) is 0 Å². The molecule has 146 valence electrons. The molecule has 0 atom stereocenters. The van der Waals surface area contributed by atoms with Gasteiger partial charge in [0.05, 0.1) is 5.69 Å². The summed E-state index contributed by atoms with van der Waals surface area (Å²) in [5.41, 5.74) is 5.99. The first-order valence-corrected chi connectivity index (χ1v) is 10.2. The molecule has 0 bridgehead atoms. The van der Waals surface area contributed by atoms with Gasteiger partial charge in [-0.05, 0) is 12.1 Å². The number of rotatable bonds is 4. The zero-order chi connectivity index (χ0) is 21.0. The van der Waals surface area contributed by atoms with Gasteiger partial charge in [0, 0.05) is 28.5 Å². The predicted octanol–water partition coefficient (Wildman–Crippen LogP) is 4.19. The van der Waals surface area contributed by atoms with E-state index in [0.29, 0.717) is 17.5 Å². The molecule has 0 radical (unpaired) electrons. The molecule has 5 aromatic rings. The summed E-state index contributed by atoms with van der Waals surface area (Å²) >= 11 is 0. The number of nitrogens with zero attached hydrogens (tertiary/aromatic N) is 4. The molecule has 3 aromatic carbocycles. The zero-order valence-corrected chi connectivity index (χ0v) is 17.1. The maximum absolute atomic E-state index is 4.75. The maximum Gasteiger partial charge on any atom is 0.165 e. The summed E-state index contributed by atoms with van der Waals surface area (Å²) in [6.45, 7) is 0. The van der Waals surface area contributed by atoms with Crippen LogP contribution >= 0.6 is 0 Å². The molecule has 5 heteroatoms. The van der Waals surface area contributed by atoms with Crippen molar-refractivity contribution in [2.24, 2.45) is 0 Å². The third-order valence-electron chi connectivity index (χ3n) is 5.07. The fourth-order valence-corrected chi connectivity index (χ4v) is 3.36. The van der Waals surface area contributed by atoms with Crippen LogP contribution in [0.1, 0.15) is 0 Å². The lowest BCUT2D eigenvalue weighted by molar-refractivity contribution is 1.07. The van der Waals surface area contributed by atoms with Crippen molar-refractivity contribution >= 4 is 13.3 Å². The molecule has 2 heterocycles. The number of hydrogen-bond donors (Lipinski definition) is 0. The average Bonchev–Trinajstić information content (AvgIpc) is 2.85. The van der Waals surface area contributed by atoms with Crippen molar-refractivity contribution in [1.29, 1.82) is 0 Å².